The molecule has 0 radical (unpaired) electrons. The second-order valence-corrected chi connectivity index (χ2v) is 9.07. The number of piperazine rings is 1. The first-order valence-electron chi connectivity index (χ1n) is 8.73. The van der Waals surface area contributed by atoms with Gasteiger partial charge in [0.1, 0.15) is 0 Å². The van der Waals surface area contributed by atoms with Crippen LogP contribution in [0.1, 0.15) is 17.0 Å². The van der Waals surface area contributed by atoms with Crippen LogP contribution in [0.4, 0.5) is 0 Å². The Kier molecular flexibility index (Phi) is 5.76. The van der Waals surface area contributed by atoms with Crippen LogP contribution in [-0.4, -0.2) is 68.0 Å². The summed E-state index contributed by atoms with van der Waals surface area (Å²) in [5.41, 5.74) is 1.93. The summed E-state index contributed by atoms with van der Waals surface area (Å²) in [5.74, 6) is 0.901. The van der Waals surface area contributed by atoms with Gasteiger partial charge in [0.05, 0.1) is 17.1 Å². The lowest BCUT2D eigenvalue weighted by Gasteiger charge is -2.34. The molecule has 1 aromatic heterocycles. The van der Waals surface area contributed by atoms with Crippen molar-refractivity contribution >= 4 is 10.0 Å². The number of nitrogens with zero attached hydrogens (tertiary/aromatic N) is 4. The summed E-state index contributed by atoms with van der Waals surface area (Å²) < 4.78 is 31.1. The maximum atomic E-state index is 12.3. The quantitative estimate of drug-likeness (QED) is 0.760. The molecule has 26 heavy (non-hydrogen) atoms. The lowest BCUT2D eigenvalue weighted by Crippen LogP contribution is -2.45. The number of sulfonamides is 1. The molecule has 0 spiro atoms. The fraction of sp³-hybridized carbons (Fsp3) is 0.500. The van der Waals surface area contributed by atoms with Crippen molar-refractivity contribution in [2.45, 2.75) is 24.9 Å². The van der Waals surface area contributed by atoms with Gasteiger partial charge in [0.2, 0.25) is 10.0 Å². The van der Waals surface area contributed by atoms with Gasteiger partial charge in [-0.1, -0.05) is 17.3 Å². The Morgan fingerprint density at radius 3 is 2.31 bits per heavy atom. The van der Waals surface area contributed by atoms with Crippen molar-refractivity contribution in [1.82, 2.24) is 19.3 Å². The minimum absolute atomic E-state index is 0.347. The average Bonchev–Trinajstić information content (AvgIpc) is 3.01. The van der Waals surface area contributed by atoms with Gasteiger partial charge in [-0.05, 0) is 24.6 Å². The van der Waals surface area contributed by atoms with Crippen molar-refractivity contribution in [3.05, 3.63) is 47.3 Å². The molecule has 0 N–H and O–H groups in total. The summed E-state index contributed by atoms with van der Waals surface area (Å²) >= 11 is 0. The van der Waals surface area contributed by atoms with Crippen molar-refractivity contribution < 1.29 is 12.9 Å². The van der Waals surface area contributed by atoms with Gasteiger partial charge in [0, 0.05) is 52.9 Å². The first-order chi connectivity index (χ1) is 12.3. The fourth-order valence-corrected chi connectivity index (χ4v) is 4.06. The summed E-state index contributed by atoms with van der Waals surface area (Å²) in [6.45, 7) is 7.26. The lowest BCUT2D eigenvalue weighted by atomic mass is 10.2. The Labute approximate surface area is 155 Å². The smallest absolute Gasteiger partial charge is 0.242 e. The number of hydrogen-bond acceptors (Lipinski definition) is 6. The normalized spacial score (nSPS) is 17.1. The number of hydrogen-bond donors (Lipinski definition) is 0. The van der Waals surface area contributed by atoms with Crippen molar-refractivity contribution in [3.8, 4) is 0 Å². The van der Waals surface area contributed by atoms with Crippen LogP contribution in [0.25, 0.3) is 0 Å². The third-order valence-corrected chi connectivity index (χ3v) is 6.42. The van der Waals surface area contributed by atoms with Gasteiger partial charge in [-0.3, -0.25) is 9.80 Å². The molecule has 8 heteroatoms. The molecule has 1 aliphatic rings. The molecule has 0 unspecified atom stereocenters. The Morgan fingerprint density at radius 1 is 1.08 bits per heavy atom. The van der Waals surface area contributed by atoms with E-state index in [1.807, 2.05) is 25.1 Å². The Bertz CT molecular complexity index is 840. The topological polar surface area (TPSA) is 69.9 Å². The molecule has 3 rings (SSSR count). The van der Waals surface area contributed by atoms with E-state index in [-0.39, 0.29) is 0 Å². The number of aryl methyl sites for hydroxylation is 1. The van der Waals surface area contributed by atoms with E-state index in [0.29, 0.717) is 4.90 Å². The van der Waals surface area contributed by atoms with Crippen molar-refractivity contribution in [2.75, 3.05) is 40.3 Å². The SMILES string of the molecule is Cc1cc(CN2CCN(Cc3cccc(S(=O)(=O)N(C)C)c3)CC2)on1. The second-order valence-electron chi connectivity index (χ2n) is 6.92. The molecule has 0 bridgehead atoms. The molecule has 1 fully saturated rings. The van der Waals surface area contributed by atoms with Gasteiger partial charge >= 0.3 is 0 Å². The summed E-state index contributed by atoms with van der Waals surface area (Å²) in [6.07, 6.45) is 0. The highest BCUT2D eigenvalue weighted by Gasteiger charge is 2.20. The van der Waals surface area contributed by atoms with Gasteiger partial charge in [-0.15, -0.1) is 0 Å². The number of benzene rings is 1. The van der Waals surface area contributed by atoms with Crippen LogP contribution >= 0.6 is 0 Å². The van der Waals surface area contributed by atoms with Crippen molar-refractivity contribution in [2.24, 2.45) is 0 Å². The van der Waals surface area contributed by atoms with E-state index in [9.17, 15) is 8.42 Å². The standard InChI is InChI=1S/C18H26N4O3S/c1-15-11-17(25-19-15)14-22-9-7-21(8-10-22)13-16-5-4-6-18(12-16)26(23,24)20(2)3/h4-6,11-12H,7-10,13-14H2,1-3H3. The van der Waals surface area contributed by atoms with E-state index >= 15 is 0 Å². The minimum Gasteiger partial charge on any atom is -0.360 e. The molecule has 142 valence electrons. The van der Waals surface area contributed by atoms with Crippen molar-refractivity contribution in [3.63, 3.8) is 0 Å². The van der Waals surface area contributed by atoms with Crippen LogP contribution in [0.5, 0.6) is 0 Å². The monoisotopic (exact) mass is 378 g/mol. The predicted molar refractivity (Wildman–Crippen MR) is 99.1 cm³/mol. The fourth-order valence-electron chi connectivity index (χ4n) is 3.09. The maximum Gasteiger partial charge on any atom is 0.242 e. The minimum atomic E-state index is -3.39. The summed E-state index contributed by atoms with van der Waals surface area (Å²) in [4.78, 5) is 5.05. The maximum absolute atomic E-state index is 12.3. The third-order valence-electron chi connectivity index (χ3n) is 4.60. The van der Waals surface area contributed by atoms with E-state index in [4.69, 9.17) is 4.52 Å². The molecule has 1 aromatic carbocycles. The molecule has 0 aliphatic carbocycles. The van der Waals surface area contributed by atoms with E-state index in [1.54, 1.807) is 26.2 Å². The highest BCUT2D eigenvalue weighted by Crippen LogP contribution is 2.17. The molecule has 7 nitrogen and oxygen atoms in total. The first kappa shape index (κ1) is 19.0. The van der Waals surface area contributed by atoms with E-state index < -0.39 is 10.0 Å². The highest BCUT2D eigenvalue weighted by molar-refractivity contribution is 7.89. The van der Waals surface area contributed by atoms with Gasteiger partial charge in [-0.2, -0.15) is 0 Å². The zero-order valence-corrected chi connectivity index (χ0v) is 16.4. The third kappa shape index (κ3) is 4.50. The van der Waals surface area contributed by atoms with Crippen LogP contribution in [0.3, 0.4) is 0 Å². The van der Waals surface area contributed by atoms with Crippen LogP contribution in [-0.2, 0) is 23.1 Å². The van der Waals surface area contributed by atoms with Crippen molar-refractivity contribution in [1.29, 1.82) is 0 Å². The Hall–Kier alpha value is -1.74. The van der Waals surface area contributed by atoms with Crippen LogP contribution in [0.15, 0.2) is 39.8 Å². The van der Waals surface area contributed by atoms with Gasteiger partial charge in [0.25, 0.3) is 0 Å². The van der Waals surface area contributed by atoms with Crippen LogP contribution < -0.4 is 0 Å². The molecule has 0 saturated carbocycles. The lowest BCUT2D eigenvalue weighted by molar-refractivity contribution is 0.113. The van der Waals surface area contributed by atoms with E-state index in [0.717, 1.165) is 56.3 Å². The number of rotatable bonds is 6. The average molecular weight is 378 g/mol. The largest absolute Gasteiger partial charge is 0.360 e. The molecule has 0 atom stereocenters. The Morgan fingerprint density at radius 2 is 1.73 bits per heavy atom. The molecule has 2 heterocycles. The zero-order chi connectivity index (χ0) is 18.7. The summed E-state index contributed by atoms with van der Waals surface area (Å²) in [7, 11) is -0.286. The van der Waals surface area contributed by atoms with Gasteiger partial charge in [-0.25, -0.2) is 12.7 Å². The molecule has 2 aromatic rings. The van der Waals surface area contributed by atoms with Gasteiger partial charge in [0.15, 0.2) is 5.76 Å². The molecular weight excluding hydrogens is 352 g/mol. The molecule has 0 amide bonds. The Balaban J connectivity index is 1.56. The number of aromatic nitrogens is 1. The van der Waals surface area contributed by atoms with Crippen LogP contribution in [0.2, 0.25) is 0 Å². The zero-order valence-electron chi connectivity index (χ0n) is 15.6. The second kappa shape index (κ2) is 7.87. The highest BCUT2D eigenvalue weighted by atomic mass is 32.2. The van der Waals surface area contributed by atoms with E-state index in [1.165, 1.54) is 4.31 Å². The molecule has 1 aliphatic heterocycles. The molecular formula is C18H26N4O3S. The molecule has 1 saturated heterocycles. The summed E-state index contributed by atoms with van der Waals surface area (Å²) in [5, 5.41) is 3.93. The van der Waals surface area contributed by atoms with Gasteiger partial charge < -0.3 is 4.52 Å². The van der Waals surface area contributed by atoms with Crippen LogP contribution in [0, 0.1) is 6.92 Å². The predicted octanol–water partition coefficient (Wildman–Crippen LogP) is 1.55. The summed E-state index contributed by atoms with van der Waals surface area (Å²) in [6, 6.07) is 9.20. The first-order valence-corrected chi connectivity index (χ1v) is 10.2. The van der Waals surface area contributed by atoms with E-state index in [2.05, 4.69) is 15.0 Å².